The normalized spacial score (nSPS) is 12.9. The van der Waals surface area contributed by atoms with Crippen molar-refractivity contribution >= 4 is 25.7 Å². The van der Waals surface area contributed by atoms with Crippen LogP contribution in [0.5, 0.6) is 0 Å². The summed E-state index contributed by atoms with van der Waals surface area (Å²) in [6.07, 6.45) is 5.17. The molecule has 0 aliphatic heterocycles. The lowest BCUT2D eigenvalue weighted by molar-refractivity contribution is 0.102. The summed E-state index contributed by atoms with van der Waals surface area (Å²) < 4.78 is 5.93. The zero-order chi connectivity index (χ0) is 10.2. The molecule has 3 heteroatoms. The van der Waals surface area contributed by atoms with E-state index in [1.807, 2.05) is 0 Å². The first-order valence-electron chi connectivity index (χ1n) is 5.32. The van der Waals surface area contributed by atoms with E-state index in [4.69, 9.17) is 4.43 Å². The van der Waals surface area contributed by atoms with Crippen LogP contribution in [0.25, 0.3) is 0 Å². The average Bonchev–Trinajstić information content (AvgIpc) is 2.05. The Morgan fingerprint density at radius 1 is 1.31 bits per heavy atom. The van der Waals surface area contributed by atoms with Gasteiger partial charge in [-0.05, 0) is 26.3 Å². The molecule has 0 amide bonds. The third kappa shape index (κ3) is 8.97. The molecule has 0 aromatic rings. The Hall–Kier alpha value is 0.657. The van der Waals surface area contributed by atoms with Gasteiger partial charge in [-0.15, -0.1) is 0 Å². The van der Waals surface area contributed by atoms with Gasteiger partial charge in [0, 0.05) is 10.9 Å². The molecule has 0 unspecified atom stereocenters. The topological polar surface area (TPSA) is 9.23 Å². The van der Waals surface area contributed by atoms with E-state index in [0.29, 0.717) is 0 Å². The van der Waals surface area contributed by atoms with E-state index >= 15 is 0 Å². The van der Waals surface area contributed by atoms with E-state index in [1.165, 1.54) is 31.7 Å². The van der Waals surface area contributed by atoms with E-state index in [9.17, 15) is 0 Å². The van der Waals surface area contributed by atoms with Crippen molar-refractivity contribution in [1.82, 2.24) is 0 Å². The summed E-state index contributed by atoms with van der Waals surface area (Å²) in [5.41, 5.74) is 0.142. The molecule has 0 heterocycles. The molecule has 0 aliphatic carbocycles. The summed E-state index contributed by atoms with van der Waals surface area (Å²) in [4.78, 5) is 0. The van der Waals surface area contributed by atoms with Crippen molar-refractivity contribution in [3.8, 4) is 0 Å². The quantitative estimate of drug-likeness (QED) is 0.372. The maximum Gasteiger partial charge on any atom is 0.163 e. The van der Waals surface area contributed by atoms with Crippen LogP contribution in [-0.4, -0.2) is 20.7 Å². The monoisotopic (exact) mass is 266 g/mol. The number of rotatable bonds is 8. The highest BCUT2D eigenvalue weighted by molar-refractivity contribution is 9.09. The summed E-state index contributed by atoms with van der Waals surface area (Å²) in [5.74, 6) is 0. The van der Waals surface area contributed by atoms with Crippen LogP contribution in [0.15, 0.2) is 0 Å². The smallest absolute Gasteiger partial charge is 0.163 e. The Balaban J connectivity index is 3.42. The second-order valence-electron chi connectivity index (χ2n) is 4.11. The largest absolute Gasteiger partial charge is 0.419 e. The molecule has 0 aromatic carbocycles. The van der Waals surface area contributed by atoms with Crippen LogP contribution in [0.1, 0.15) is 46.5 Å². The molecule has 0 aliphatic rings. The Morgan fingerprint density at radius 2 is 2.00 bits per heavy atom. The first-order valence-corrected chi connectivity index (χ1v) is 8.02. The van der Waals surface area contributed by atoms with Gasteiger partial charge >= 0.3 is 0 Å². The van der Waals surface area contributed by atoms with Crippen LogP contribution in [0.3, 0.4) is 0 Å². The molecule has 0 aromatic heterocycles. The third-order valence-corrected chi connectivity index (χ3v) is 5.38. The standard InChI is InChI=1S/C10H23BrOSi/c1-4-5-6-7-10(2,3)12-13-9-8-11/h4-9,13H2,1-3H3. The fourth-order valence-corrected chi connectivity index (χ4v) is 2.91. The molecule has 0 spiro atoms. The molecule has 80 valence electrons. The molecule has 0 saturated heterocycles. The Bertz CT molecular complexity index is 105. The highest BCUT2D eigenvalue weighted by Crippen LogP contribution is 2.18. The molecule has 0 saturated carbocycles. The van der Waals surface area contributed by atoms with Crippen LogP contribution < -0.4 is 0 Å². The molecule has 13 heavy (non-hydrogen) atoms. The maximum atomic E-state index is 5.93. The van der Waals surface area contributed by atoms with Gasteiger partial charge in [-0.3, -0.25) is 0 Å². The minimum absolute atomic E-state index is 0.142. The Morgan fingerprint density at radius 3 is 2.54 bits per heavy atom. The first kappa shape index (κ1) is 13.7. The third-order valence-electron chi connectivity index (χ3n) is 2.15. The summed E-state index contributed by atoms with van der Waals surface area (Å²) in [6.45, 7) is 6.70. The predicted octanol–water partition coefficient (Wildman–Crippen LogP) is 3.26. The van der Waals surface area contributed by atoms with Gasteiger partial charge in [0.2, 0.25) is 0 Å². The van der Waals surface area contributed by atoms with E-state index in [2.05, 4.69) is 36.7 Å². The SMILES string of the molecule is CCCCCC(C)(C)O[SiH2]CCBr. The molecule has 0 N–H and O–H groups in total. The zero-order valence-electron chi connectivity index (χ0n) is 9.24. The van der Waals surface area contributed by atoms with Gasteiger partial charge in [-0.25, -0.2) is 0 Å². The fraction of sp³-hybridized carbons (Fsp3) is 1.00. The molecule has 0 radical (unpaired) electrons. The number of hydrogen-bond donors (Lipinski definition) is 0. The van der Waals surface area contributed by atoms with Crippen molar-refractivity contribution in [3.63, 3.8) is 0 Å². The number of halogens is 1. The van der Waals surface area contributed by atoms with Crippen molar-refractivity contribution in [3.05, 3.63) is 0 Å². The lowest BCUT2D eigenvalue weighted by atomic mass is 10.0. The maximum absolute atomic E-state index is 5.93. The fourth-order valence-electron chi connectivity index (χ4n) is 1.28. The lowest BCUT2D eigenvalue weighted by Crippen LogP contribution is -2.26. The van der Waals surface area contributed by atoms with Crippen LogP contribution in [0, 0.1) is 0 Å². The molecule has 0 fully saturated rings. The minimum atomic E-state index is -0.274. The van der Waals surface area contributed by atoms with Crippen molar-refractivity contribution in [2.75, 3.05) is 5.33 Å². The van der Waals surface area contributed by atoms with Crippen molar-refractivity contribution in [2.24, 2.45) is 0 Å². The summed E-state index contributed by atoms with van der Waals surface area (Å²) >= 11 is 3.44. The van der Waals surface area contributed by atoms with Crippen molar-refractivity contribution in [2.45, 2.75) is 58.1 Å². The molecule has 0 atom stereocenters. The predicted molar refractivity (Wildman–Crippen MR) is 66.5 cm³/mol. The number of alkyl halides is 1. The van der Waals surface area contributed by atoms with E-state index in [0.717, 1.165) is 5.33 Å². The second kappa shape index (κ2) is 8.01. The number of unbranched alkanes of at least 4 members (excludes halogenated alkanes) is 2. The second-order valence-corrected chi connectivity index (χ2v) is 6.30. The molecule has 0 bridgehead atoms. The van der Waals surface area contributed by atoms with E-state index in [-0.39, 0.29) is 15.4 Å². The molecular weight excluding hydrogens is 244 g/mol. The van der Waals surface area contributed by atoms with E-state index < -0.39 is 0 Å². The minimum Gasteiger partial charge on any atom is -0.419 e. The van der Waals surface area contributed by atoms with Crippen molar-refractivity contribution in [1.29, 1.82) is 0 Å². The molecular formula is C10H23BrOSi. The van der Waals surface area contributed by atoms with Crippen LogP contribution in [-0.2, 0) is 4.43 Å². The summed E-state index contributed by atoms with van der Waals surface area (Å²) in [5, 5.41) is 1.10. The highest BCUT2D eigenvalue weighted by atomic mass is 79.9. The Labute approximate surface area is 93.7 Å². The zero-order valence-corrected chi connectivity index (χ0v) is 12.2. The van der Waals surface area contributed by atoms with Gasteiger partial charge in [0.05, 0.1) is 0 Å². The van der Waals surface area contributed by atoms with Gasteiger partial charge in [0.1, 0.15) is 0 Å². The molecule has 1 nitrogen and oxygen atoms in total. The summed E-state index contributed by atoms with van der Waals surface area (Å²) in [6, 6.07) is 1.25. The number of hydrogen-bond acceptors (Lipinski definition) is 1. The van der Waals surface area contributed by atoms with Gasteiger partial charge in [0.25, 0.3) is 0 Å². The lowest BCUT2D eigenvalue weighted by Gasteiger charge is -2.25. The van der Waals surface area contributed by atoms with E-state index in [1.54, 1.807) is 0 Å². The van der Waals surface area contributed by atoms with Gasteiger partial charge in [0.15, 0.2) is 9.76 Å². The first-order chi connectivity index (χ1) is 6.12. The molecule has 0 rings (SSSR count). The van der Waals surface area contributed by atoms with Crippen LogP contribution >= 0.6 is 15.9 Å². The van der Waals surface area contributed by atoms with Gasteiger partial charge in [-0.2, -0.15) is 0 Å². The average molecular weight is 267 g/mol. The van der Waals surface area contributed by atoms with Gasteiger partial charge in [-0.1, -0.05) is 42.1 Å². The van der Waals surface area contributed by atoms with Crippen LogP contribution in [0.4, 0.5) is 0 Å². The van der Waals surface area contributed by atoms with Crippen LogP contribution in [0.2, 0.25) is 6.04 Å². The highest BCUT2D eigenvalue weighted by Gasteiger charge is 2.16. The van der Waals surface area contributed by atoms with Crippen molar-refractivity contribution < 1.29 is 4.43 Å². The van der Waals surface area contributed by atoms with Gasteiger partial charge < -0.3 is 4.43 Å². The summed E-state index contributed by atoms with van der Waals surface area (Å²) in [7, 11) is -0.274. The Kier molecular flexibility index (Phi) is 8.41.